The van der Waals surface area contributed by atoms with Gasteiger partial charge in [0.2, 0.25) is 0 Å². The first kappa shape index (κ1) is 26.1. The standard InChI is InChI=1S/C29H35NO5/c1-4-33-28(31)13-6-5-7-18-34-26-11-8-10-23(20-26)21-30(22(2)3)29(32)25-16-14-24(15-17-25)27-12-9-19-35-27/h8-12,14-17,19-20,22H,4-7,13,18,21H2,1-3H3. The summed E-state index contributed by atoms with van der Waals surface area (Å²) < 4.78 is 16.3. The molecule has 1 aromatic heterocycles. The van der Waals surface area contributed by atoms with Crippen molar-refractivity contribution >= 4 is 11.9 Å². The van der Waals surface area contributed by atoms with Crippen LogP contribution in [-0.2, 0) is 16.1 Å². The van der Waals surface area contributed by atoms with E-state index in [9.17, 15) is 9.59 Å². The fraction of sp³-hybridized carbons (Fsp3) is 0.379. The summed E-state index contributed by atoms with van der Waals surface area (Å²) in [4.78, 5) is 26.5. The topological polar surface area (TPSA) is 69.0 Å². The average molecular weight is 478 g/mol. The van der Waals surface area contributed by atoms with E-state index in [4.69, 9.17) is 13.9 Å². The van der Waals surface area contributed by atoms with Crippen LogP contribution in [0, 0.1) is 0 Å². The summed E-state index contributed by atoms with van der Waals surface area (Å²) in [6.45, 7) is 7.36. The molecule has 1 heterocycles. The van der Waals surface area contributed by atoms with Crippen LogP contribution in [0.2, 0.25) is 0 Å². The molecule has 2 aromatic carbocycles. The second-order valence-electron chi connectivity index (χ2n) is 8.69. The van der Waals surface area contributed by atoms with Crippen LogP contribution in [0.5, 0.6) is 5.75 Å². The lowest BCUT2D eigenvalue weighted by Crippen LogP contribution is -2.36. The van der Waals surface area contributed by atoms with Gasteiger partial charge in [-0.2, -0.15) is 0 Å². The van der Waals surface area contributed by atoms with E-state index in [-0.39, 0.29) is 17.9 Å². The highest BCUT2D eigenvalue weighted by Crippen LogP contribution is 2.22. The van der Waals surface area contributed by atoms with Gasteiger partial charge in [0.15, 0.2) is 0 Å². The molecule has 0 saturated heterocycles. The van der Waals surface area contributed by atoms with Crippen molar-refractivity contribution in [2.24, 2.45) is 0 Å². The summed E-state index contributed by atoms with van der Waals surface area (Å²) in [7, 11) is 0. The lowest BCUT2D eigenvalue weighted by Gasteiger charge is -2.27. The maximum absolute atomic E-state index is 13.3. The number of benzene rings is 2. The Morgan fingerprint density at radius 3 is 2.46 bits per heavy atom. The van der Waals surface area contributed by atoms with Gasteiger partial charge in [-0.15, -0.1) is 0 Å². The number of nitrogens with zero attached hydrogens (tertiary/aromatic N) is 1. The number of carbonyl (C=O) groups is 2. The zero-order valence-corrected chi connectivity index (χ0v) is 20.9. The van der Waals surface area contributed by atoms with Gasteiger partial charge in [-0.1, -0.05) is 24.3 Å². The molecule has 1 amide bonds. The van der Waals surface area contributed by atoms with Crippen LogP contribution >= 0.6 is 0 Å². The van der Waals surface area contributed by atoms with Gasteiger partial charge in [-0.3, -0.25) is 9.59 Å². The third-order valence-electron chi connectivity index (χ3n) is 5.67. The summed E-state index contributed by atoms with van der Waals surface area (Å²) in [5.74, 6) is 1.41. The molecule has 0 fully saturated rings. The monoisotopic (exact) mass is 477 g/mol. The number of hydrogen-bond acceptors (Lipinski definition) is 5. The van der Waals surface area contributed by atoms with Crippen LogP contribution < -0.4 is 4.74 Å². The zero-order chi connectivity index (χ0) is 25.0. The van der Waals surface area contributed by atoms with E-state index in [1.165, 1.54) is 0 Å². The molecule has 3 aromatic rings. The number of furan rings is 1. The van der Waals surface area contributed by atoms with E-state index in [1.807, 2.05) is 86.3 Å². The van der Waals surface area contributed by atoms with Gasteiger partial charge in [0, 0.05) is 30.1 Å². The van der Waals surface area contributed by atoms with Crippen LogP contribution in [0.3, 0.4) is 0 Å². The minimum absolute atomic E-state index is 0.0149. The van der Waals surface area contributed by atoms with E-state index in [1.54, 1.807) is 6.26 Å². The Labute approximate surface area is 207 Å². The summed E-state index contributed by atoms with van der Waals surface area (Å²) in [6.07, 6.45) is 4.67. The van der Waals surface area contributed by atoms with Crippen molar-refractivity contribution in [1.29, 1.82) is 0 Å². The maximum Gasteiger partial charge on any atom is 0.305 e. The summed E-state index contributed by atoms with van der Waals surface area (Å²) in [5.41, 5.74) is 2.59. The molecule has 0 aliphatic heterocycles. The minimum atomic E-state index is -0.140. The smallest absolute Gasteiger partial charge is 0.305 e. The summed E-state index contributed by atoms with van der Waals surface area (Å²) in [5, 5.41) is 0. The van der Waals surface area contributed by atoms with E-state index in [0.29, 0.717) is 31.7 Å². The van der Waals surface area contributed by atoms with Gasteiger partial charge >= 0.3 is 5.97 Å². The number of hydrogen-bond donors (Lipinski definition) is 0. The second-order valence-corrected chi connectivity index (χ2v) is 8.69. The molecule has 6 heteroatoms. The molecule has 0 aliphatic carbocycles. The van der Waals surface area contributed by atoms with Gasteiger partial charge in [-0.25, -0.2) is 0 Å². The van der Waals surface area contributed by atoms with Crippen molar-refractivity contribution in [2.75, 3.05) is 13.2 Å². The van der Waals surface area contributed by atoms with Gasteiger partial charge in [-0.05, 0) is 82.0 Å². The maximum atomic E-state index is 13.3. The number of amides is 1. The predicted molar refractivity (Wildman–Crippen MR) is 136 cm³/mol. The highest BCUT2D eigenvalue weighted by atomic mass is 16.5. The van der Waals surface area contributed by atoms with Crippen LogP contribution in [0.25, 0.3) is 11.3 Å². The molecule has 0 radical (unpaired) electrons. The quantitative estimate of drug-likeness (QED) is 0.208. The Bertz CT molecular complexity index is 1060. The molecular formula is C29H35NO5. The van der Waals surface area contributed by atoms with Crippen molar-refractivity contribution in [3.63, 3.8) is 0 Å². The highest BCUT2D eigenvalue weighted by Gasteiger charge is 2.19. The minimum Gasteiger partial charge on any atom is -0.494 e. The van der Waals surface area contributed by atoms with E-state index < -0.39 is 0 Å². The van der Waals surface area contributed by atoms with Gasteiger partial charge in [0.1, 0.15) is 11.5 Å². The molecule has 0 N–H and O–H groups in total. The number of esters is 1. The molecule has 3 rings (SSSR count). The van der Waals surface area contributed by atoms with Crippen LogP contribution in [0.4, 0.5) is 0 Å². The Kier molecular flexibility index (Phi) is 9.96. The van der Waals surface area contributed by atoms with Crippen LogP contribution in [-0.4, -0.2) is 36.0 Å². The molecule has 0 aliphatic rings. The molecule has 186 valence electrons. The fourth-order valence-corrected chi connectivity index (χ4v) is 3.78. The molecule has 6 nitrogen and oxygen atoms in total. The molecule has 35 heavy (non-hydrogen) atoms. The Morgan fingerprint density at radius 1 is 0.971 bits per heavy atom. The van der Waals surface area contributed by atoms with Crippen molar-refractivity contribution in [3.8, 4) is 17.1 Å². The fourth-order valence-electron chi connectivity index (χ4n) is 3.78. The molecule has 0 atom stereocenters. The number of unbranched alkanes of at least 4 members (excludes halogenated alkanes) is 2. The SMILES string of the molecule is CCOC(=O)CCCCCOc1cccc(CN(C(=O)c2ccc(-c3ccco3)cc2)C(C)C)c1. The Morgan fingerprint density at radius 2 is 1.77 bits per heavy atom. The first-order valence-electron chi connectivity index (χ1n) is 12.3. The van der Waals surface area contributed by atoms with Gasteiger partial charge in [0.05, 0.1) is 19.5 Å². The molecule has 0 unspecified atom stereocenters. The third kappa shape index (κ3) is 8.02. The van der Waals surface area contributed by atoms with Crippen LogP contribution in [0.15, 0.2) is 71.3 Å². The predicted octanol–water partition coefficient (Wildman–Crippen LogP) is 6.50. The van der Waals surface area contributed by atoms with Crippen molar-refractivity contribution in [3.05, 3.63) is 78.1 Å². The molecule has 0 saturated carbocycles. The van der Waals surface area contributed by atoms with E-state index >= 15 is 0 Å². The Balaban J connectivity index is 1.54. The Hall–Kier alpha value is -3.54. The zero-order valence-electron chi connectivity index (χ0n) is 20.9. The molecule has 0 bridgehead atoms. The first-order valence-corrected chi connectivity index (χ1v) is 12.3. The van der Waals surface area contributed by atoms with E-state index in [0.717, 1.165) is 41.9 Å². The number of rotatable bonds is 13. The second kappa shape index (κ2) is 13.4. The normalized spacial score (nSPS) is 10.9. The van der Waals surface area contributed by atoms with Crippen molar-refractivity contribution < 1.29 is 23.5 Å². The lowest BCUT2D eigenvalue weighted by atomic mass is 10.1. The summed E-state index contributed by atoms with van der Waals surface area (Å²) in [6, 6.07) is 19.2. The summed E-state index contributed by atoms with van der Waals surface area (Å²) >= 11 is 0. The number of ether oxygens (including phenoxy) is 2. The number of carbonyl (C=O) groups excluding carboxylic acids is 2. The molecule has 0 spiro atoms. The molecular weight excluding hydrogens is 442 g/mol. The van der Waals surface area contributed by atoms with Gasteiger partial charge in [0.25, 0.3) is 5.91 Å². The highest BCUT2D eigenvalue weighted by molar-refractivity contribution is 5.94. The average Bonchev–Trinajstić information content (AvgIpc) is 3.40. The van der Waals surface area contributed by atoms with Gasteiger partial charge < -0.3 is 18.8 Å². The van der Waals surface area contributed by atoms with Crippen molar-refractivity contribution in [2.45, 2.75) is 59.0 Å². The van der Waals surface area contributed by atoms with Crippen molar-refractivity contribution in [1.82, 2.24) is 4.90 Å². The van der Waals surface area contributed by atoms with Crippen LogP contribution in [0.1, 0.15) is 62.4 Å². The third-order valence-corrected chi connectivity index (χ3v) is 5.67. The first-order chi connectivity index (χ1) is 17.0. The largest absolute Gasteiger partial charge is 0.494 e. The lowest BCUT2D eigenvalue weighted by molar-refractivity contribution is -0.143. The van der Waals surface area contributed by atoms with E-state index in [2.05, 4.69) is 0 Å².